The van der Waals surface area contributed by atoms with Crippen LogP contribution in [0.15, 0.2) is 35.0 Å². The van der Waals surface area contributed by atoms with Gasteiger partial charge in [-0.2, -0.15) is 13.6 Å². The van der Waals surface area contributed by atoms with Crippen LogP contribution in [0.4, 0.5) is 19.0 Å². The van der Waals surface area contributed by atoms with Crippen LogP contribution in [0.5, 0.6) is 0 Å². The summed E-state index contributed by atoms with van der Waals surface area (Å²) in [5.41, 5.74) is 6.28. The number of thiophene rings is 1. The Hall–Kier alpha value is -3.94. The third kappa shape index (κ3) is 3.56. The molecule has 0 saturated carbocycles. The molecular weight excluding hydrogens is 435 g/mol. The lowest BCUT2D eigenvalue weighted by molar-refractivity contribution is 0.116. The van der Waals surface area contributed by atoms with Gasteiger partial charge < -0.3 is 10.2 Å². The second-order valence-corrected chi connectivity index (χ2v) is 7.32. The fourth-order valence-electron chi connectivity index (χ4n) is 2.82. The van der Waals surface area contributed by atoms with E-state index in [1.807, 2.05) is 0 Å². The molecule has 14 heteroatoms. The minimum absolute atomic E-state index is 0.0839. The molecule has 0 saturated heterocycles. The maximum Gasteiger partial charge on any atom is 0.314 e. The standard InChI is InChI=1S/C17H10F3N9OS/c18-10-3-7(1-2-8(10)15-25-26-16(30-15)12(19)20)5-29-27-14(24-28-29)11-4-9-13(21)22-6-23-17(9)31-11/h1-4,6,12H,5H2,(H2,21,22,23). The molecule has 2 N–H and O–H groups in total. The fraction of sp³-hybridized carbons (Fsp3) is 0.118. The van der Waals surface area contributed by atoms with E-state index in [-0.39, 0.29) is 18.0 Å². The first-order valence-electron chi connectivity index (χ1n) is 8.66. The van der Waals surface area contributed by atoms with Gasteiger partial charge >= 0.3 is 6.43 Å². The van der Waals surface area contributed by atoms with Crippen LogP contribution in [0.1, 0.15) is 17.9 Å². The number of fused-ring (bicyclic) bond motifs is 1. The Balaban J connectivity index is 1.37. The van der Waals surface area contributed by atoms with E-state index in [1.165, 1.54) is 34.6 Å². The molecular formula is C17H10F3N9OS. The largest absolute Gasteiger partial charge is 0.415 e. The second kappa shape index (κ2) is 7.39. The van der Waals surface area contributed by atoms with Gasteiger partial charge in [-0.1, -0.05) is 6.07 Å². The van der Waals surface area contributed by atoms with Crippen LogP contribution < -0.4 is 5.73 Å². The number of tetrazole rings is 1. The highest BCUT2D eigenvalue weighted by Gasteiger charge is 2.19. The molecule has 5 rings (SSSR count). The van der Waals surface area contributed by atoms with Crippen molar-refractivity contribution >= 4 is 27.4 Å². The number of anilines is 1. The molecule has 1 aromatic carbocycles. The molecule has 0 bridgehead atoms. The third-order valence-electron chi connectivity index (χ3n) is 4.25. The molecule has 0 aliphatic rings. The molecule has 5 aromatic rings. The Morgan fingerprint density at radius 2 is 2.00 bits per heavy atom. The van der Waals surface area contributed by atoms with E-state index in [1.54, 1.807) is 12.1 Å². The summed E-state index contributed by atoms with van der Waals surface area (Å²) in [7, 11) is 0. The third-order valence-corrected chi connectivity index (χ3v) is 5.29. The Morgan fingerprint density at radius 1 is 1.13 bits per heavy atom. The Kier molecular flexibility index (Phi) is 4.54. The minimum Gasteiger partial charge on any atom is -0.415 e. The van der Waals surface area contributed by atoms with Gasteiger partial charge in [0.1, 0.15) is 22.8 Å². The maximum absolute atomic E-state index is 14.5. The number of nitrogens with two attached hydrogens (primary N) is 1. The maximum atomic E-state index is 14.5. The van der Waals surface area contributed by atoms with Crippen molar-refractivity contribution in [1.29, 1.82) is 0 Å². The molecule has 10 nitrogen and oxygen atoms in total. The molecule has 0 spiro atoms. The number of aromatic nitrogens is 8. The fourth-order valence-corrected chi connectivity index (χ4v) is 3.75. The molecule has 0 fully saturated rings. The van der Waals surface area contributed by atoms with Crippen molar-refractivity contribution < 1.29 is 17.6 Å². The smallest absolute Gasteiger partial charge is 0.314 e. The van der Waals surface area contributed by atoms with Gasteiger partial charge in [-0.05, 0) is 29.0 Å². The molecule has 0 aliphatic carbocycles. The predicted octanol–water partition coefficient (Wildman–Crippen LogP) is 3.10. The summed E-state index contributed by atoms with van der Waals surface area (Å²) >= 11 is 1.34. The van der Waals surface area contributed by atoms with Crippen LogP contribution in [0.25, 0.3) is 32.4 Å². The van der Waals surface area contributed by atoms with Gasteiger partial charge in [0.25, 0.3) is 11.8 Å². The van der Waals surface area contributed by atoms with E-state index in [0.29, 0.717) is 32.3 Å². The Morgan fingerprint density at radius 3 is 2.74 bits per heavy atom. The number of rotatable bonds is 5. The summed E-state index contributed by atoms with van der Waals surface area (Å²) in [6.07, 6.45) is -1.55. The SMILES string of the molecule is Nc1ncnc2sc(-c3nnn(Cc4ccc(-c5nnc(C(F)F)o5)c(F)c4)n3)cc12. The molecule has 156 valence electrons. The molecule has 4 heterocycles. The Labute approximate surface area is 174 Å². The molecule has 0 radical (unpaired) electrons. The average molecular weight is 445 g/mol. The molecule has 0 aliphatic heterocycles. The van der Waals surface area contributed by atoms with Crippen molar-refractivity contribution in [1.82, 2.24) is 40.4 Å². The lowest BCUT2D eigenvalue weighted by atomic mass is 10.1. The number of hydrogen-bond acceptors (Lipinski definition) is 10. The number of halogens is 3. The number of hydrogen-bond donors (Lipinski definition) is 1. The van der Waals surface area contributed by atoms with Crippen LogP contribution in [-0.2, 0) is 6.54 Å². The van der Waals surface area contributed by atoms with Gasteiger partial charge in [-0.25, -0.2) is 14.4 Å². The monoisotopic (exact) mass is 445 g/mol. The number of nitrogen functional groups attached to an aromatic ring is 1. The summed E-state index contributed by atoms with van der Waals surface area (Å²) in [4.78, 5) is 10.8. The topological polar surface area (TPSA) is 134 Å². The number of nitrogens with zero attached hydrogens (tertiary/aromatic N) is 8. The lowest BCUT2D eigenvalue weighted by Crippen LogP contribution is -2.04. The zero-order chi connectivity index (χ0) is 21.5. The first kappa shape index (κ1) is 19.0. The van der Waals surface area contributed by atoms with E-state index in [0.717, 1.165) is 0 Å². The predicted molar refractivity (Wildman–Crippen MR) is 102 cm³/mol. The van der Waals surface area contributed by atoms with Gasteiger partial charge in [-0.3, -0.25) is 0 Å². The van der Waals surface area contributed by atoms with Crippen molar-refractivity contribution in [2.75, 3.05) is 5.73 Å². The van der Waals surface area contributed by atoms with Crippen molar-refractivity contribution in [3.63, 3.8) is 0 Å². The molecule has 31 heavy (non-hydrogen) atoms. The molecule has 0 atom stereocenters. The zero-order valence-electron chi connectivity index (χ0n) is 15.3. The lowest BCUT2D eigenvalue weighted by Gasteiger charge is -2.03. The zero-order valence-corrected chi connectivity index (χ0v) is 16.1. The van der Waals surface area contributed by atoms with Crippen LogP contribution >= 0.6 is 11.3 Å². The van der Waals surface area contributed by atoms with Crippen molar-refractivity contribution in [2.45, 2.75) is 13.0 Å². The highest BCUT2D eigenvalue weighted by Crippen LogP contribution is 2.32. The quantitative estimate of drug-likeness (QED) is 0.433. The summed E-state index contributed by atoms with van der Waals surface area (Å²) < 4.78 is 44.4. The van der Waals surface area contributed by atoms with Crippen LogP contribution in [0.2, 0.25) is 0 Å². The average Bonchev–Trinajstić information content (AvgIpc) is 3.47. The van der Waals surface area contributed by atoms with Gasteiger partial charge in [0.05, 0.1) is 22.4 Å². The summed E-state index contributed by atoms with van der Waals surface area (Å²) in [5, 5.41) is 19.7. The highest BCUT2D eigenvalue weighted by molar-refractivity contribution is 7.21. The van der Waals surface area contributed by atoms with E-state index in [4.69, 9.17) is 10.2 Å². The normalized spacial score (nSPS) is 11.6. The molecule has 0 amide bonds. The van der Waals surface area contributed by atoms with Gasteiger partial charge in [-0.15, -0.1) is 31.7 Å². The van der Waals surface area contributed by atoms with E-state index in [2.05, 4.69) is 35.6 Å². The van der Waals surface area contributed by atoms with Gasteiger partial charge in [0.15, 0.2) is 0 Å². The van der Waals surface area contributed by atoms with Crippen molar-refractivity contribution in [2.24, 2.45) is 0 Å². The van der Waals surface area contributed by atoms with E-state index in [9.17, 15) is 13.2 Å². The van der Waals surface area contributed by atoms with Crippen molar-refractivity contribution in [3.05, 3.63) is 47.9 Å². The number of alkyl halides is 2. The van der Waals surface area contributed by atoms with Gasteiger partial charge in [0, 0.05) is 0 Å². The van der Waals surface area contributed by atoms with Crippen LogP contribution in [0.3, 0.4) is 0 Å². The minimum atomic E-state index is -2.93. The first-order chi connectivity index (χ1) is 15.0. The number of benzene rings is 1. The summed E-state index contributed by atoms with van der Waals surface area (Å²) in [5.74, 6) is -1.18. The van der Waals surface area contributed by atoms with Crippen LogP contribution in [-0.4, -0.2) is 40.4 Å². The van der Waals surface area contributed by atoms with E-state index >= 15 is 0 Å². The van der Waals surface area contributed by atoms with Crippen LogP contribution in [0, 0.1) is 5.82 Å². The summed E-state index contributed by atoms with van der Waals surface area (Å²) in [6, 6.07) is 5.92. The molecule has 0 unspecified atom stereocenters. The summed E-state index contributed by atoms with van der Waals surface area (Å²) in [6.45, 7) is 0.128. The van der Waals surface area contributed by atoms with Gasteiger partial charge in [0.2, 0.25) is 5.82 Å². The Bertz CT molecular complexity index is 1400. The molecule has 4 aromatic heterocycles. The highest BCUT2D eigenvalue weighted by atomic mass is 32.1. The van der Waals surface area contributed by atoms with Crippen molar-refractivity contribution in [3.8, 4) is 22.2 Å². The second-order valence-electron chi connectivity index (χ2n) is 6.29. The van der Waals surface area contributed by atoms with E-state index < -0.39 is 18.1 Å². The first-order valence-corrected chi connectivity index (χ1v) is 9.48.